The fourth-order valence-corrected chi connectivity index (χ4v) is 2.98. The Kier molecular flexibility index (Phi) is 6.23. The number of pyridine rings is 1. The van der Waals surface area contributed by atoms with E-state index in [4.69, 9.17) is 0 Å². The highest BCUT2D eigenvalue weighted by Crippen LogP contribution is 2.06. The Balaban J connectivity index is 1.82. The first-order valence-electron chi connectivity index (χ1n) is 9.24. The van der Waals surface area contributed by atoms with Gasteiger partial charge in [-0.15, -0.1) is 0 Å². The maximum Gasteiger partial charge on any atom is 0.263 e. The molecular formula is C21H23N5O3. The number of aryl methyl sites for hydroxylation is 1. The van der Waals surface area contributed by atoms with Crippen molar-refractivity contribution in [1.29, 1.82) is 0 Å². The van der Waals surface area contributed by atoms with Crippen molar-refractivity contribution in [2.75, 3.05) is 13.6 Å². The molecule has 0 aliphatic rings. The van der Waals surface area contributed by atoms with Crippen LogP contribution < -0.4 is 16.2 Å². The molecule has 150 valence electrons. The van der Waals surface area contributed by atoms with Gasteiger partial charge in [0.2, 0.25) is 0 Å². The fourth-order valence-electron chi connectivity index (χ4n) is 2.98. The van der Waals surface area contributed by atoms with Crippen molar-refractivity contribution in [2.45, 2.75) is 13.0 Å². The smallest absolute Gasteiger partial charge is 0.263 e. The molecule has 2 heterocycles. The van der Waals surface area contributed by atoms with Crippen LogP contribution in [0.25, 0.3) is 0 Å². The van der Waals surface area contributed by atoms with Gasteiger partial charge in [0.1, 0.15) is 5.56 Å². The lowest BCUT2D eigenvalue weighted by Crippen LogP contribution is -2.34. The minimum absolute atomic E-state index is 0.0664. The third kappa shape index (κ3) is 4.98. The predicted octanol–water partition coefficient (Wildman–Crippen LogP) is 0.962. The Morgan fingerprint density at radius 2 is 1.83 bits per heavy atom. The molecule has 0 bridgehead atoms. The van der Waals surface area contributed by atoms with Crippen LogP contribution in [0.1, 0.15) is 31.8 Å². The molecule has 0 saturated carbocycles. The molecule has 0 aliphatic carbocycles. The van der Waals surface area contributed by atoms with E-state index < -0.39 is 11.5 Å². The van der Waals surface area contributed by atoms with E-state index in [0.29, 0.717) is 13.0 Å². The van der Waals surface area contributed by atoms with Gasteiger partial charge in [0.15, 0.2) is 0 Å². The number of nitrogens with one attached hydrogen (secondary N) is 2. The minimum atomic E-state index is -0.526. The van der Waals surface area contributed by atoms with Crippen LogP contribution in [0.2, 0.25) is 0 Å². The molecule has 0 radical (unpaired) electrons. The topological polar surface area (TPSA) is 98.0 Å². The van der Waals surface area contributed by atoms with E-state index in [9.17, 15) is 14.4 Å². The highest BCUT2D eigenvalue weighted by atomic mass is 16.2. The quantitative estimate of drug-likeness (QED) is 0.625. The van der Waals surface area contributed by atoms with Crippen molar-refractivity contribution >= 4 is 11.8 Å². The molecule has 2 N–H and O–H groups in total. The summed E-state index contributed by atoms with van der Waals surface area (Å²) in [5.74, 6) is -0.873. The summed E-state index contributed by atoms with van der Waals surface area (Å²) in [5.41, 5.74) is 1.65. The van der Waals surface area contributed by atoms with E-state index >= 15 is 0 Å². The normalized spacial score (nSPS) is 10.6. The maximum absolute atomic E-state index is 12.7. The molecule has 0 atom stereocenters. The van der Waals surface area contributed by atoms with Gasteiger partial charge in [0, 0.05) is 33.0 Å². The van der Waals surface area contributed by atoms with Crippen molar-refractivity contribution in [3.63, 3.8) is 0 Å². The van der Waals surface area contributed by atoms with Crippen molar-refractivity contribution in [3.05, 3.63) is 87.6 Å². The minimum Gasteiger partial charge on any atom is -0.355 e. The molecule has 0 unspecified atom stereocenters. The Morgan fingerprint density at radius 3 is 2.48 bits per heavy atom. The number of carbonyl (C=O) groups excluding carboxylic acids is 2. The van der Waals surface area contributed by atoms with E-state index in [-0.39, 0.29) is 23.6 Å². The Morgan fingerprint density at radius 1 is 1.07 bits per heavy atom. The van der Waals surface area contributed by atoms with Gasteiger partial charge >= 0.3 is 0 Å². The van der Waals surface area contributed by atoms with Crippen LogP contribution >= 0.6 is 0 Å². The predicted molar refractivity (Wildman–Crippen MR) is 109 cm³/mol. The summed E-state index contributed by atoms with van der Waals surface area (Å²) in [6.45, 7) is 0.679. The fraction of sp³-hybridized carbons (Fsp3) is 0.238. The molecule has 8 nitrogen and oxygen atoms in total. The summed E-state index contributed by atoms with van der Waals surface area (Å²) in [4.78, 5) is 37.5. The number of carbonyl (C=O) groups is 2. The number of amides is 2. The molecule has 0 aliphatic heterocycles. The van der Waals surface area contributed by atoms with Gasteiger partial charge in [-0.25, -0.2) is 0 Å². The van der Waals surface area contributed by atoms with Crippen LogP contribution in [-0.4, -0.2) is 39.8 Å². The first-order valence-corrected chi connectivity index (χ1v) is 9.24. The summed E-state index contributed by atoms with van der Waals surface area (Å²) in [7, 11) is 3.28. The van der Waals surface area contributed by atoms with Crippen LogP contribution in [0.5, 0.6) is 0 Å². The van der Waals surface area contributed by atoms with Crippen molar-refractivity contribution in [1.82, 2.24) is 25.0 Å². The second kappa shape index (κ2) is 9.01. The molecule has 1 aromatic carbocycles. The van der Waals surface area contributed by atoms with Gasteiger partial charge < -0.3 is 15.2 Å². The van der Waals surface area contributed by atoms with Crippen LogP contribution in [0.3, 0.4) is 0 Å². The average Bonchev–Trinajstić information content (AvgIpc) is 3.14. The molecule has 3 aromatic rings. The summed E-state index contributed by atoms with van der Waals surface area (Å²) >= 11 is 0. The Bertz CT molecular complexity index is 1070. The second-order valence-electron chi connectivity index (χ2n) is 6.67. The first-order chi connectivity index (χ1) is 14.0. The third-order valence-electron chi connectivity index (χ3n) is 4.47. The standard InChI is InChI=1S/C21H23N5O3/c1-22-20(28)18-10-17(19(27)23-9-8-16-11-24-25(2)12-16)14-26(21(18)29)13-15-6-4-3-5-7-15/h3-7,10-12,14H,8-9,13H2,1-2H3,(H,22,28)(H,23,27). The van der Waals surface area contributed by atoms with E-state index in [0.717, 1.165) is 11.1 Å². The molecule has 3 rings (SSSR count). The van der Waals surface area contributed by atoms with Gasteiger partial charge in [-0.1, -0.05) is 30.3 Å². The number of aromatic nitrogens is 3. The zero-order valence-corrected chi connectivity index (χ0v) is 16.4. The van der Waals surface area contributed by atoms with E-state index in [1.165, 1.54) is 23.9 Å². The molecular weight excluding hydrogens is 370 g/mol. The number of hydrogen-bond donors (Lipinski definition) is 2. The van der Waals surface area contributed by atoms with Crippen molar-refractivity contribution in [2.24, 2.45) is 7.05 Å². The molecule has 0 saturated heterocycles. The highest BCUT2D eigenvalue weighted by molar-refractivity contribution is 5.99. The third-order valence-corrected chi connectivity index (χ3v) is 4.47. The average molecular weight is 393 g/mol. The maximum atomic E-state index is 12.7. The number of hydrogen-bond acceptors (Lipinski definition) is 4. The van der Waals surface area contributed by atoms with Gasteiger partial charge in [0.05, 0.1) is 18.3 Å². The monoisotopic (exact) mass is 393 g/mol. The Labute approximate surface area is 168 Å². The largest absolute Gasteiger partial charge is 0.355 e. The molecule has 2 amide bonds. The SMILES string of the molecule is CNC(=O)c1cc(C(=O)NCCc2cnn(C)c2)cn(Cc2ccccc2)c1=O. The van der Waals surface area contributed by atoms with Gasteiger partial charge in [-0.05, 0) is 23.6 Å². The number of benzene rings is 1. The van der Waals surface area contributed by atoms with Crippen LogP contribution in [0, 0.1) is 0 Å². The lowest BCUT2D eigenvalue weighted by atomic mass is 10.1. The van der Waals surface area contributed by atoms with Crippen molar-refractivity contribution < 1.29 is 9.59 Å². The van der Waals surface area contributed by atoms with E-state index in [1.807, 2.05) is 43.6 Å². The molecule has 2 aromatic heterocycles. The summed E-state index contributed by atoms with van der Waals surface area (Å²) in [5, 5.41) is 9.38. The number of rotatable bonds is 7. The van der Waals surface area contributed by atoms with E-state index in [2.05, 4.69) is 15.7 Å². The highest BCUT2D eigenvalue weighted by Gasteiger charge is 2.17. The van der Waals surface area contributed by atoms with Crippen LogP contribution in [0.15, 0.2) is 59.8 Å². The lowest BCUT2D eigenvalue weighted by molar-refractivity contribution is 0.0953. The lowest BCUT2D eigenvalue weighted by Gasteiger charge is -2.12. The molecule has 0 spiro atoms. The van der Waals surface area contributed by atoms with Gasteiger partial charge in [0.25, 0.3) is 17.4 Å². The van der Waals surface area contributed by atoms with Gasteiger partial charge in [-0.3, -0.25) is 19.1 Å². The van der Waals surface area contributed by atoms with Crippen molar-refractivity contribution in [3.8, 4) is 0 Å². The van der Waals surface area contributed by atoms with E-state index in [1.54, 1.807) is 10.9 Å². The van der Waals surface area contributed by atoms with Crippen LogP contribution in [0.4, 0.5) is 0 Å². The second-order valence-corrected chi connectivity index (χ2v) is 6.67. The molecule has 0 fully saturated rings. The molecule has 29 heavy (non-hydrogen) atoms. The summed E-state index contributed by atoms with van der Waals surface area (Å²) in [6, 6.07) is 10.7. The molecule has 8 heteroatoms. The zero-order valence-electron chi connectivity index (χ0n) is 16.4. The van der Waals surface area contributed by atoms with Crippen LogP contribution in [-0.2, 0) is 20.0 Å². The first kappa shape index (κ1) is 20.1. The summed E-state index contributed by atoms with van der Waals surface area (Å²) < 4.78 is 3.09. The summed E-state index contributed by atoms with van der Waals surface area (Å²) in [6.07, 6.45) is 5.75. The number of nitrogens with zero attached hydrogens (tertiary/aromatic N) is 3. The Hall–Kier alpha value is -3.68. The van der Waals surface area contributed by atoms with Gasteiger partial charge in [-0.2, -0.15) is 5.10 Å². The zero-order chi connectivity index (χ0) is 20.8.